The second-order valence-corrected chi connectivity index (χ2v) is 20.8. The molecule has 0 radical (unpaired) electrons. The first kappa shape index (κ1) is 43.0. The normalized spacial score (nSPS) is 19.8. The largest absolute Gasteiger partial charge is 0.344 e. The number of amides is 1. The number of hydrogen-bond acceptors (Lipinski definition) is 8. The van der Waals surface area contributed by atoms with E-state index in [-0.39, 0.29) is 101 Å². The molecule has 13 nitrogen and oxygen atoms in total. The van der Waals surface area contributed by atoms with E-state index in [9.17, 15) is 30.8 Å². The van der Waals surface area contributed by atoms with E-state index in [4.69, 9.17) is 26.7 Å². The van der Waals surface area contributed by atoms with Gasteiger partial charge < -0.3 is 5.32 Å². The van der Waals surface area contributed by atoms with Crippen molar-refractivity contribution in [2.24, 2.45) is 5.92 Å². The number of nitrogens with one attached hydrogen (secondary N) is 2. The molecule has 2 N–H and O–H groups in total. The molecule has 0 saturated heterocycles. The second kappa shape index (κ2) is 15.9. The smallest absolute Gasteiger partial charge is 0.268 e. The standard InChI is InChI=1S/C44H43BrClF4N9O4S/c1-21-13-30(23-7-9-44(49,50)10-8-23)52-40-35(21)43(61)59(32-6-5-29(46)37-39(32)57(12-11-45)55-41(37)56-64(2,62)63)42(53-40)31(16-22-14-26(47)19-27(48)15-22)51-34(60)20-58-33-18-25-17-28(25)36(33)38(54-58)24-3-4-24/h5-6,13-15,19,23-25,28,31H,3-4,7-12,16-18,20H2,1-2H3,(H,51,60)(H,55,56)/t25-,28-,31-/m0/s1. The van der Waals surface area contributed by atoms with E-state index < -0.39 is 45.1 Å². The average Bonchev–Trinajstić information content (AvgIpc) is 4.10. The van der Waals surface area contributed by atoms with Crippen molar-refractivity contribution in [3.63, 3.8) is 0 Å². The number of aromatic nitrogens is 7. The third kappa shape index (κ3) is 8.09. The molecule has 0 unspecified atom stereocenters. The number of fused-ring (bicyclic) bond motifs is 5. The lowest BCUT2D eigenvalue weighted by Gasteiger charge is -2.28. The fourth-order valence-electron chi connectivity index (χ4n) is 9.91. The highest BCUT2D eigenvalue weighted by molar-refractivity contribution is 9.09. The summed E-state index contributed by atoms with van der Waals surface area (Å²) < 4.78 is 90.5. The Bertz CT molecular complexity index is 3070. The van der Waals surface area contributed by atoms with Crippen molar-refractivity contribution in [2.75, 3.05) is 16.3 Å². The molecular formula is C44H43BrClF4N9O4S. The Morgan fingerprint density at radius 2 is 1.73 bits per heavy atom. The van der Waals surface area contributed by atoms with Crippen molar-refractivity contribution in [3.8, 4) is 5.69 Å². The van der Waals surface area contributed by atoms with Crippen molar-refractivity contribution in [1.82, 2.24) is 39.4 Å². The summed E-state index contributed by atoms with van der Waals surface area (Å²) in [5.41, 5.74) is 4.21. The Kier molecular flexibility index (Phi) is 10.7. The van der Waals surface area contributed by atoms with E-state index in [0.717, 1.165) is 61.5 Å². The van der Waals surface area contributed by atoms with Crippen LogP contribution in [0.3, 0.4) is 0 Å². The minimum absolute atomic E-state index is 0.00921. The van der Waals surface area contributed by atoms with Crippen LogP contribution in [0.2, 0.25) is 5.02 Å². The van der Waals surface area contributed by atoms with Crippen LogP contribution in [0.15, 0.2) is 41.2 Å². The van der Waals surface area contributed by atoms with Crippen LogP contribution >= 0.6 is 27.5 Å². The molecule has 1 amide bonds. The van der Waals surface area contributed by atoms with E-state index in [0.29, 0.717) is 34.3 Å². The topological polar surface area (TPSA) is 159 Å². The van der Waals surface area contributed by atoms with Crippen LogP contribution in [0.1, 0.15) is 108 Å². The summed E-state index contributed by atoms with van der Waals surface area (Å²) >= 11 is 10.2. The second-order valence-electron chi connectivity index (χ2n) is 17.8. The summed E-state index contributed by atoms with van der Waals surface area (Å²) in [5, 5.41) is 13.3. The third-order valence-corrected chi connectivity index (χ3v) is 14.2. The molecule has 0 bridgehead atoms. The molecule has 64 heavy (non-hydrogen) atoms. The first-order valence-corrected chi connectivity index (χ1v) is 24.7. The number of carbonyl (C=O) groups excluding carboxylic acids is 1. The maximum absolute atomic E-state index is 15.4. The van der Waals surface area contributed by atoms with Gasteiger partial charge in [-0.05, 0) is 98.7 Å². The van der Waals surface area contributed by atoms with Crippen molar-refractivity contribution in [2.45, 2.75) is 108 Å². The Morgan fingerprint density at radius 1 is 1.00 bits per heavy atom. The molecule has 10 rings (SSSR count). The highest BCUT2D eigenvalue weighted by Gasteiger charge is 2.51. The van der Waals surface area contributed by atoms with Crippen LogP contribution in [0, 0.1) is 24.5 Å². The van der Waals surface area contributed by atoms with Crippen LogP contribution in [-0.2, 0) is 40.7 Å². The molecule has 4 aromatic heterocycles. The number of hydrogen-bond donors (Lipinski definition) is 2. The molecule has 20 heteroatoms. The molecule has 4 aliphatic carbocycles. The molecule has 3 atom stereocenters. The number of carbonyl (C=O) groups is 1. The van der Waals surface area contributed by atoms with Crippen LogP contribution < -0.4 is 15.6 Å². The molecule has 0 aliphatic heterocycles. The van der Waals surface area contributed by atoms with Crippen LogP contribution in [-0.4, -0.2) is 65.9 Å². The summed E-state index contributed by atoms with van der Waals surface area (Å²) in [5.74, 6) is -4.13. The van der Waals surface area contributed by atoms with Crippen molar-refractivity contribution < 1.29 is 30.8 Å². The third-order valence-electron chi connectivity index (χ3n) is 13.0. The van der Waals surface area contributed by atoms with Gasteiger partial charge in [-0.25, -0.2) is 35.9 Å². The van der Waals surface area contributed by atoms with Crippen LogP contribution in [0.4, 0.5) is 23.4 Å². The van der Waals surface area contributed by atoms with E-state index in [1.54, 1.807) is 23.7 Å². The summed E-state index contributed by atoms with van der Waals surface area (Å²) in [6.07, 6.45) is 4.45. The van der Waals surface area contributed by atoms with Crippen molar-refractivity contribution in [3.05, 3.63) is 103 Å². The number of alkyl halides is 3. The highest BCUT2D eigenvalue weighted by atomic mass is 79.9. The monoisotopic (exact) mass is 983 g/mol. The van der Waals surface area contributed by atoms with Gasteiger partial charge in [-0.15, -0.1) is 0 Å². The van der Waals surface area contributed by atoms with Crippen molar-refractivity contribution >= 4 is 71.2 Å². The Hall–Kier alpha value is -4.88. The van der Waals surface area contributed by atoms with Gasteiger partial charge in [-0.1, -0.05) is 27.5 Å². The van der Waals surface area contributed by atoms with Crippen LogP contribution in [0.5, 0.6) is 0 Å². The van der Waals surface area contributed by atoms with Gasteiger partial charge in [0.2, 0.25) is 21.9 Å². The zero-order chi connectivity index (χ0) is 45.0. The number of sulfonamides is 1. The van der Waals surface area contributed by atoms with Crippen LogP contribution in [0.25, 0.3) is 27.6 Å². The molecule has 3 fully saturated rings. The van der Waals surface area contributed by atoms with E-state index in [1.807, 2.05) is 0 Å². The van der Waals surface area contributed by atoms with Gasteiger partial charge in [-0.2, -0.15) is 10.2 Å². The number of halogens is 6. The fourth-order valence-corrected chi connectivity index (χ4v) is 11.0. The Balaban J connectivity index is 1.18. The number of anilines is 1. The summed E-state index contributed by atoms with van der Waals surface area (Å²) in [4.78, 5) is 39.8. The average molecular weight is 985 g/mol. The zero-order valence-corrected chi connectivity index (χ0v) is 37.9. The molecule has 3 saturated carbocycles. The molecule has 4 heterocycles. The summed E-state index contributed by atoms with van der Waals surface area (Å²) in [6.45, 7) is 1.72. The molecule has 6 aromatic rings. The first-order valence-electron chi connectivity index (χ1n) is 21.3. The number of aryl methyl sites for hydroxylation is 2. The van der Waals surface area contributed by atoms with E-state index in [1.165, 1.54) is 20.9 Å². The van der Waals surface area contributed by atoms with E-state index >= 15 is 4.79 Å². The predicted molar refractivity (Wildman–Crippen MR) is 236 cm³/mol. The van der Waals surface area contributed by atoms with Gasteiger partial charge in [0.15, 0.2) is 11.5 Å². The number of pyridine rings is 1. The van der Waals surface area contributed by atoms with E-state index in [2.05, 4.69) is 31.1 Å². The molecule has 4 aliphatic rings. The maximum Gasteiger partial charge on any atom is 0.268 e. The molecular weight excluding hydrogens is 942 g/mol. The molecule has 0 spiro atoms. The summed E-state index contributed by atoms with van der Waals surface area (Å²) in [7, 11) is -3.88. The lowest BCUT2D eigenvalue weighted by Crippen LogP contribution is -2.38. The lowest BCUT2D eigenvalue weighted by atomic mass is 9.84. The maximum atomic E-state index is 15.4. The quantitative estimate of drug-likeness (QED) is 0.0865. The Labute approximate surface area is 378 Å². The Morgan fingerprint density at radius 3 is 2.42 bits per heavy atom. The fraction of sp³-hybridized carbons (Fsp3) is 0.455. The molecule has 2 aromatic carbocycles. The van der Waals surface area contributed by atoms with Gasteiger partial charge in [0, 0.05) is 59.4 Å². The zero-order valence-electron chi connectivity index (χ0n) is 34.8. The number of rotatable bonds is 13. The van der Waals surface area contributed by atoms with Gasteiger partial charge in [0.25, 0.3) is 5.56 Å². The minimum Gasteiger partial charge on any atom is -0.344 e. The lowest BCUT2D eigenvalue weighted by molar-refractivity contribution is -0.122. The van der Waals surface area contributed by atoms with Gasteiger partial charge >= 0.3 is 0 Å². The highest BCUT2D eigenvalue weighted by Crippen LogP contribution is 2.60. The van der Waals surface area contributed by atoms with Gasteiger partial charge in [0.1, 0.15) is 24.0 Å². The van der Waals surface area contributed by atoms with Gasteiger partial charge in [-0.3, -0.25) is 28.2 Å². The SMILES string of the molecule is Cc1cc(C2CCC(F)(F)CC2)nc2nc([C@H](Cc3cc(F)cc(F)c3)NC(=O)Cn3nc(C4CC4)c4c3C[C@@H]3C[C@H]43)n(-c3ccc(Cl)c4c(NS(C)(=O)=O)nn(CCBr)c34)c(=O)c12. The minimum atomic E-state index is -3.88. The molecule has 336 valence electrons. The number of nitrogens with zero attached hydrogens (tertiary/aromatic N) is 7. The summed E-state index contributed by atoms with van der Waals surface area (Å²) in [6, 6.07) is 6.49. The van der Waals surface area contributed by atoms with Crippen molar-refractivity contribution in [1.29, 1.82) is 0 Å². The van der Waals surface area contributed by atoms with Gasteiger partial charge in [0.05, 0.1) is 51.5 Å². The predicted octanol–water partition coefficient (Wildman–Crippen LogP) is 8.26. The first-order chi connectivity index (χ1) is 30.4. The number of benzene rings is 2.